The van der Waals surface area contributed by atoms with Crippen molar-refractivity contribution in [2.24, 2.45) is 5.92 Å². The Bertz CT molecular complexity index is 1500. The number of carbonyl (C=O) groups excluding carboxylic acids is 6. The van der Waals surface area contributed by atoms with Crippen molar-refractivity contribution >= 4 is 47.0 Å². The van der Waals surface area contributed by atoms with Crippen LogP contribution in [0.2, 0.25) is 5.02 Å². The van der Waals surface area contributed by atoms with Crippen molar-refractivity contribution in [1.29, 1.82) is 0 Å². The van der Waals surface area contributed by atoms with E-state index in [1.807, 2.05) is 13.8 Å². The topological polar surface area (TPSA) is 215 Å². The lowest BCUT2D eigenvalue weighted by atomic mass is 10.00. The molecule has 6 atom stereocenters. The molecule has 0 bridgehead atoms. The van der Waals surface area contributed by atoms with Crippen molar-refractivity contribution in [3.63, 3.8) is 0 Å². The summed E-state index contributed by atoms with van der Waals surface area (Å²) in [6.07, 6.45) is -0.0250. The molecule has 2 saturated heterocycles. The third-order valence-corrected chi connectivity index (χ3v) is 8.59. The Morgan fingerprint density at radius 2 is 1.72 bits per heavy atom. The summed E-state index contributed by atoms with van der Waals surface area (Å²) in [5, 5.41) is 30.3. The second-order valence-corrected chi connectivity index (χ2v) is 12.7. The number of aryl methyl sites for hydroxylation is 1. The van der Waals surface area contributed by atoms with E-state index in [2.05, 4.69) is 36.8 Å². The lowest BCUT2D eigenvalue weighted by Gasteiger charge is -2.30. The summed E-state index contributed by atoms with van der Waals surface area (Å²) in [6, 6.07) is 2.50. The molecule has 15 nitrogen and oxygen atoms in total. The number of rotatable bonds is 6. The Morgan fingerprint density at radius 3 is 2.34 bits per heavy atom. The molecule has 16 heteroatoms. The van der Waals surface area contributed by atoms with Gasteiger partial charge in [0.15, 0.2) is 5.69 Å². The van der Waals surface area contributed by atoms with Gasteiger partial charge in [-0.2, -0.15) is 5.10 Å². The summed E-state index contributed by atoms with van der Waals surface area (Å²) in [5.74, 6) is -3.94. The number of aliphatic hydroxyl groups is 1. The van der Waals surface area contributed by atoms with Crippen molar-refractivity contribution in [3.8, 4) is 0 Å². The number of aliphatic hydroxyl groups excluding tert-OH is 1. The molecule has 254 valence electrons. The zero-order valence-electron chi connectivity index (χ0n) is 26.6. The van der Waals surface area contributed by atoms with E-state index in [1.165, 1.54) is 6.92 Å². The summed E-state index contributed by atoms with van der Waals surface area (Å²) in [7, 11) is 0. The molecule has 2 aromatic rings. The molecule has 0 radical (unpaired) electrons. The third kappa shape index (κ3) is 8.65. The summed E-state index contributed by atoms with van der Waals surface area (Å²) >= 11 is 6.19. The van der Waals surface area contributed by atoms with Gasteiger partial charge in [-0.3, -0.25) is 33.9 Å². The van der Waals surface area contributed by atoms with E-state index in [9.17, 15) is 33.9 Å². The lowest BCUT2D eigenvalue weighted by molar-refractivity contribution is -0.143. The highest BCUT2D eigenvalue weighted by atomic mass is 35.5. The average molecular weight is 673 g/mol. The van der Waals surface area contributed by atoms with Crippen molar-refractivity contribution in [1.82, 2.24) is 41.7 Å². The standard InChI is InChI=1S/C31H41ClN8O7/c1-15(2)10-21-28(44)37-22(14-41)31(47)40-13-19(34-30(46)26-25(32)16(3)38-39-26)11-23(40)29(45)33-17(4)27(43)36-20(12-24(42)35-21)18-8-6-5-7-9-18/h5-9,15,17,19-23,41H,10-14H2,1-4H3,(H,33,45)(H,34,46)(H,35,42)(H,36,43)(H,37,44)(H,38,39)/t17-,19-,20-,21-,22-,23-/m0/s1. The monoisotopic (exact) mass is 672 g/mol. The zero-order valence-corrected chi connectivity index (χ0v) is 27.4. The number of nitrogens with zero attached hydrogens (tertiary/aromatic N) is 2. The van der Waals surface area contributed by atoms with E-state index in [0.717, 1.165) is 4.90 Å². The highest BCUT2D eigenvalue weighted by Crippen LogP contribution is 2.23. The van der Waals surface area contributed by atoms with E-state index in [4.69, 9.17) is 11.6 Å². The smallest absolute Gasteiger partial charge is 0.273 e. The first-order chi connectivity index (χ1) is 22.3. The van der Waals surface area contributed by atoms with Crippen LogP contribution in [0.4, 0.5) is 0 Å². The van der Waals surface area contributed by atoms with Crippen LogP contribution >= 0.6 is 11.6 Å². The number of nitrogens with one attached hydrogen (secondary N) is 6. The molecule has 1 aromatic heterocycles. The van der Waals surface area contributed by atoms with Crippen LogP contribution in [0.15, 0.2) is 30.3 Å². The molecule has 3 heterocycles. The predicted octanol–water partition coefficient (Wildman–Crippen LogP) is -0.155. The van der Waals surface area contributed by atoms with Crippen LogP contribution in [-0.2, 0) is 24.0 Å². The molecule has 0 unspecified atom stereocenters. The molecule has 6 amide bonds. The Balaban J connectivity index is 1.66. The molecule has 0 aliphatic carbocycles. The normalized spacial score (nSPS) is 26.3. The van der Waals surface area contributed by atoms with Gasteiger partial charge in [0.25, 0.3) is 5.91 Å². The van der Waals surface area contributed by atoms with E-state index >= 15 is 0 Å². The number of halogens is 1. The molecule has 7 N–H and O–H groups in total. The fourth-order valence-electron chi connectivity index (χ4n) is 5.66. The maximum atomic E-state index is 13.8. The first-order valence-corrected chi connectivity index (χ1v) is 15.8. The fraction of sp³-hybridized carbons (Fsp3) is 0.516. The Hall–Kier alpha value is -4.50. The number of fused-ring (bicyclic) bond motifs is 1. The van der Waals surface area contributed by atoms with Gasteiger partial charge in [0.2, 0.25) is 29.5 Å². The predicted molar refractivity (Wildman–Crippen MR) is 170 cm³/mol. The zero-order chi connectivity index (χ0) is 34.4. The minimum atomic E-state index is -1.46. The largest absolute Gasteiger partial charge is 0.394 e. The van der Waals surface area contributed by atoms with Crippen LogP contribution in [0.1, 0.15) is 67.8 Å². The lowest BCUT2D eigenvalue weighted by Crippen LogP contribution is -2.59. The molecule has 0 spiro atoms. The molecule has 2 aliphatic rings. The minimum Gasteiger partial charge on any atom is -0.394 e. The van der Waals surface area contributed by atoms with Crippen LogP contribution in [0.25, 0.3) is 0 Å². The van der Waals surface area contributed by atoms with Crippen LogP contribution in [0.3, 0.4) is 0 Å². The Labute approximate surface area is 276 Å². The number of aromatic nitrogens is 2. The van der Waals surface area contributed by atoms with E-state index in [1.54, 1.807) is 37.3 Å². The number of hydrogen-bond acceptors (Lipinski definition) is 8. The van der Waals surface area contributed by atoms with Crippen molar-refractivity contribution in [2.75, 3.05) is 13.2 Å². The van der Waals surface area contributed by atoms with E-state index in [-0.39, 0.29) is 42.4 Å². The number of benzene rings is 1. The number of H-pyrrole nitrogens is 1. The Morgan fingerprint density at radius 1 is 1.02 bits per heavy atom. The van der Waals surface area contributed by atoms with Crippen molar-refractivity contribution < 1.29 is 33.9 Å². The van der Waals surface area contributed by atoms with Gasteiger partial charge in [-0.15, -0.1) is 0 Å². The molecule has 47 heavy (non-hydrogen) atoms. The first-order valence-electron chi connectivity index (χ1n) is 15.5. The number of amides is 6. The van der Waals surface area contributed by atoms with Gasteiger partial charge in [-0.05, 0) is 38.2 Å². The Kier molecular flexibility index (Phi) is 11.6. The SMILES string of the molecule is Cc1[nH]nc(C(=O)N[C@H]2C[C@H]3C(=O)N[C@@H](C)C(=O)N[C@H](c4ccccc4)CC(=O)N[C@@H](CC(C)C)C(=O)N[C@@H](CO)C(=O)N3C2)c1Cl. The highest BCUT2D eigenvalue weighted by Gasteiger charge is 2.44. The van der Waals surface area contributed by atoms with Gasteiger partial charge >= 0.3 is 0 Å². The van der Waals surface area contributed by atoms with Gasteiger partial charge in [0.05, 0.1) is 29.8 Å². The van der Waals surface area contributed by atoms with Crippen LogP contribution < -0.4 is 26.6 Å². The molecular formula is C31H41ClN8O7. The number of carbonyl (C=O) groups is 6. The van der Waals surface area contributed by atoms with Crippen molar-refractivity contribution in [2.45, 2.75) is 83.2 Å². The highest BCUT2D eigenvalue weighted by molar-refractivity contribution is 6.34. The van der Waals surface area contributed by atoms with E-state index in [0.29, 0.717) is 11.3 Å². The first kappa shape index (κ1) is 35.4. The molecular weight excluding hydrogens is 632 g/mol. The van der Waals surface area contributed by atoms with Crippen molar-refractivity contribution in [3.05, 3.63) is 52.3 Å². The third-order valence-electron chi connectivity index (χ3n) is 8.13. The van der Waals surface area contributed by atoms with E-state index < -0.39 is 78.3 Å². The number of hydrogen-bond donors (Lipinski definition) is 7. The summed E-state index contributed by atoms with van der Waals surface area (Å²) in [5.41, 5.74) is 1.06. The maximum absolute atomic E-state index is 13.8. The van der Waals surface area contributed by atoms with Gasteiger partial charge < -0.3 is 36.6 Å². The van der Waals surface area contributed by atoms with Gasteiger partial charge in [-0.25, -0.2) is 0 Å². The quantitative estimate of drug-likeness (QED) is 0.218. The molecule has 2 fully saturated rings. The summed E-state index contributed by atoms with van der Waals surface area (Å²) in [4.78, 5) is 81.6. The van der Waals surface area contributed by atoms with Crippen LogP contribution in [0.5, 0.6) is 0 Å². The molecule has 4 rings (SSSR count). The minimum absolute atomic E-state index is 0.0340. The molecule has 1 aromatic carbocycles. The summed E-state index contributed by atoms with van der Waals surface area (Å²) in [6.45, 7) is 5.88. The van der Waals surface area contributed by atoms with Crippen LogP contribution in [-0.4, -0.2) is 99.0 Å². The molecule has 0 saturated carbocycles. The maximum Gasteiger partial charge on any atom is 0.273 e. The number of aromatic amines is 1. The summed E-state index contributed by atoms with van der Waals surface area (Å²) < 4.78 is 0. The second kappa shape index (κ2) is 15.4. The fourth-order valence-corrected chi connectivity index (χ4v) is 5.83. The van der Waals surface area contributed by atoms with Gasteiger partial charge in [0.1, 0.15) is 24.2 Å². The second-order valence-electron chi connectivity index (χ2n) is 12.3. The van der Waals surface area contributed by atoms with Gasteiger partial charge in [-0.1, -0.05) is 55.8 Å². The average Bonchev–Trinajstić information content (AvgIpc) is 3.60. The van der Waals surface area contributed by atoms with Crippen LogP contribution in [0, 0.1) is 12.8 Å². The molecule has 2 aliphatic heterocycles. The van der Waals surface area contributed by atoms with Gasteiger partial charge in [0, 0.05) is 12.6 Å².